The number of ether oxygens (including phenoxy) is 1. The summed E-state index contributed by atoms with van der Waals surface area (Å²) in [5.41, 5.74) is 4.21. The van der Waals surface area contributed by atoms with E-state index in [9.17, 15) is 4.79 Å². The Kier molecular flexibility index (Phi) is 4.86. The highest BCUT2D eigenvalue weighted by Crippen LogP contribution is 2.32. The van der Waals surface area contributed by atoms with Crippen LogP contribution in [0.5, 0.6) is 0 Å². The summed E-state index contributed by atoms with van der Waals surface area (Å²) in [6, 6.07) is 26.6. The average molecular weight is 400 g/mol. The van der Waals surface area contributed by atoms with Crippen molar-refractivity contribution in [2.45, 2.75) is 24.0 Å². The third-order valence-electron chi connectivity index (χ3n) is 5.30. The van der Waals surface area contributed by atoms with Crippen molar-refractivity contribution in [3.8, 4) is 0 Å². The Morgan fingerprint density at radius 1 is 0.931 bits per heavy atom. The summed E-state index contributed by atoms with van der Waals surface area (Å²) < 4.78 is 8.11. The van der Waals surface area contributed by atoms with Crippen molar-refractivity contribution in [3.63, 3.8) is 0 Å². The van der Waals surface area contributed by atoms with Gasteiger partial charge in [0.1, 0.15) is 6.10 Å². The Labute approximate surface area is 174 Å². The van der Waals surface area contributed by atoms with E-state index >= 15 is 0 Å². The molecule has 1 atom stereocenters. The molecule has 0 spiro atoms. The molecule has 0 radical (unpaired) electrons. The molecule has 144 valence electrons. The summed E-state index contributed by atoms with van der Waals surface area (Å²) in [4.78, 5) is 14.0. The number of hydrogen-bond acceptors (Lipinski definition) is 3. The predicted octanol–water partition coefficient (Wildman–Crippen LogP) is 5.56. The van der Waals surface area contributed by atoms with Gasteiger partial charge in [0.25, 0.3) is 0 Å². The first-order chi connectivity index (χ1) is 14.3. The van der Waals surface area contributed by atoms with Crippen molar-refractivity contribution in [1.82, 2.24) is 4.57 Å². The van der Waals surface area contributed by atoms with Crippen molar-refractivity contribution in [2.24, 2.45) is 0 Å². The number of carbonyl (C=O) groups excluding carboxylic acids is 1. The number of nitrogens with zero attached hydrogens (tertiary/aromatic N) is 1. The second-order valence-corrected chi connectivity index (χ2v) is 8.42. The van der Waals surface area contributed by atoms with Gasteiger partial charge in [0.05, 0.1) is 5.56 Å². The molecule has 29 heavy (non-hydrogen) atoms. The van der Waals surface area contributed by atoms with Crippen LogP contribution in [-0.2, 0) is 17.7 Å². The van der Waals surface area contributed by atoms with Crippen LogP contribution >= 0.6 is 11.8 Å². The fraction of sp³-hybridized carbons (Fsp3) is 0.160. The van der Waals surface area contributed by atoms with Gasteiger partial charge in [-0.15, -0.1) is 11.8 Å². The summed E-state index contributed by atoms with van der Waals surface area (Å²) in [7, 11) is 0. The lowest BCUT2D eigenvalue weighted by Crippen LogP contribution is -2.21. The van der Waals surface area contributed by atoms with Crippen LogP contribution < -0.4 is 0 Å². The molecule has 1 unspecified atom stereocenters. The van der Waals surface area contributed by atoms with Crippen LogP contribution in [0.25, 0.3) is 10.9 Å². The molecule has 3 aromatic carbocycles. The minimum atomic E-state index is -0.217. The van der Waals surface area contributed by atoms with Crippen molar-refractivity contribution in [1.29, 1.82) is 0 Å². The smallest absolute Gasteiger partial charge is 0.339 e. The number of benzene rings is 3. The summed E-state index contributed by atoms with van der Waals surface area (Å²) >= 11 is 1.73. The number of hydrogen-bond donors (Lipinski definition) is 0. The van der Waals surface area contributed by atoms with Gasteiger partial charge in [0, 0.05) is 40.7 Å². The molecule has 5 rings (SSSR count). The SMILES string of the molecule is O=C1OC(CSc2ccccc2)Cc2cn(Cc3ccccc3)c3cccc1c23. The van der Waals surface area contributed by atoms with Crippen LogP contribution in [0, 0.1) is 0 Å². The summed E-state index contributed by atoms with van der Waals surface area (Å²) in [5.74, 6) is 0.528. The van der Waals surface area contributed by atoms with Gasteiger partial charge in [0.2, 0.25) is 0 Å². The molecule has 3 nitrogen and oxygen atoms in total. The maximum atomic E-state index is 12.8. The van der Waals surface area contributed by atoms with Gasteiger partial charge in [-0.25, -0.2) is 4.79 Å². The molecule has 0 N–H and O–H groups in total. The van der Waals surface area contributed by atoms with E-state index in [0.717, 1.165) is 29.6 Å². The van der Waals surface area contributed by atoms with Gasteiger partial charge in [-0.3, -0.25) is 0 Å². The van der Waals surface area contributed by atoms with Crippen LogP contribution in [-0.4, -0.2) is 22.4 Å². The molecule has 0 amide bonds. The predicted molar refractivity (Wildman–Crippen MR) is 118 cm³/mol. The maximum absolute atomic E-state index is 12.8. The first-order valence-electron chi connectivity index (χ1n) is 9.81. The third-order valence-corrected chi connectivity index (χ3v) is 6.44. The fourth-order valence-corrected chi connectivity index (χ4v) is 4.89. The van der Waals surface area contributed by atoms with E-state index in [2.05, 4.69) is 53.2 Å². The van der Waals surface area contributed by atoms with E-state index in [-0.39, 0.29) is 12.1 Å². The van der Waals surface area contributed by atoms with E-state index in [1.54, 1.807) is 11.8 Å². The molecule has 0 aliphatic carbocycles. The quantitative estimate of drug-likeness (QED) is 0.325. The molecule has 1 aromatic heterocycles. The first kappa shape index (κ1) is 18.1. The van der Waals surface area contributed by atoms with Crippen molar-refractivity contribution < 1.29 is 9.53 Å². The Morgan fingerprint density at radius 2 is 1.69 bits per heavy atom. The highest BCUT2D eigenvalue weighted by atomic mass is 32.2. The number of cyclic esters (lactones) is 1. The number of aromatic nitrogens is 1. The lowest BCUT2D eigenvalue weighted by molar-refractivity contribution is 0.0363. The molecule has 0 saturated carbocycles. The summed E-state index contributed by atoms with van der Waals surface area (Å²) in [5, 5.41) is 1.04. The van der Waals surface area contributed by atoms with Gasteiger partial charge in [-0.1, -0.05) is 54.6 Å². The van der Waals surface area contributed by atoms with Crippen LogP contribution in [0.1, 0.15) is 21.5 Å². The van der Waals surface area contributed by atoms with Gasteiger partial charge < -0.3 is 9.30 Å². The van der Waals surface area contributed by atoms with Crippen molar-refractivity contribution >= 4 is 28.6 Å². The van der Waals surface area contributed by atoms with Crippen molar-refractivity contribution in [3.05, 3.63) is 102 Å². The zero-order chi connectivity index (χ0) is 19.6. The largest absolute Gasteiger partial charge is 0.458 e. The standard InChI is InChI=1S/C25H21NO2S/c27-25-22-12-7-13-23-24(22)19(16-26(23)15-18-8-3-1-4-9-18)14-20(28-25)17-29-21-10-5-2-6-11-21/h1-13,16,20H,14-15,17H2. The lowest BCUT2D eigenvalue weighted by Gasteiger charge is -2.15. The van der Waals surface area contributed by atoms with Crippen LogP contribution in [0.4, 0.5) is 0 Å². The highest BCUT2D eigenvalue weighted by Gasteiger charge is 2.27. The van der Waals surface area contributed by atoms with Crippen LogP contribution in [0.3, 0.4) is 0 Å². The molecule has 4 heteroatoms. The van der Waals surface area contributed by atoms with E-state index in [0.29, 0.717) is 5.56 Å². The van der Waals surface area contributed by atoms with Gasteiger partial charge in [-0.2, -0.15) is 0 Å². The minimum absolute atomic E-state index is 0.143. The zero-order valence-electron chi connectivity index (χ0n) is 16.0. The Morgan fingerprint density at radius 3 is 2.48 bits per heavy atom. The Bertz CT molecular complexity index is 1150. The molecule has 1 aliphatic heterocycles. The second-order valence-electron chi connectivity index (χ2n) is 7.32. The zero-order valence-corrected chi connectivity index (χ0v) is 16.8. The highest BCUT2D eigenvalue weighted by molar-refractivity contribution is 7.99. The molecule has 2 heterocycles. The molecule has 4 aromatic rings. The van der Waals surface area contributed by atoms with Gasteiger partial charge >= 0.3 is 5.97 Å². The molecule has 0 saturated heterocycles. The monoisotopic (exact) mass is 399 g/mol. The maximum Gasteiger partial charge on any atom is 0.339 e. The molecule has 0 fully saturated rings. The lowest BCUT2D eigenvalue weighted by atomic mass is 10.0. The Hall–Kier alpha value is -2.98. The molecule has 0 bridgehead atoms. The minimum Gasteiger partial charge on any atom is -0.458 e. The van der Waals surface area contributed by atoms with Crippen LogP contribution in [0.2, 0.25) is 0 Å². The summed E-state index contributed by atoms with van der Waals surface area (Å²) in [6.07, 6.45) is 2.79. The number of esters is 1. The van der Waals surface area contributed by atoms with E-state index in [1.165, 1.54) is 16.0 Å². The third kappa shape index (κ3) is 3.68. The number of thioether (sulfide) groups is 1. The van der Waals surface area contributed by atoms with E-state index in [4.69, 9.17) is 4.74 Å². The average Bonchev–Trinajstić information content (AvgIpc) is 3.03. The van der Waals surface area contributed by atoms with Crippen molar-refractivity contribution in [2.75, 3.05) is 5.75 Å². The molecular formula is C25H21NO2S. The topological polar surface area (TPSA) is 31.2 Å². The molecule has 1 aliphatic rings. The normalized spacial score (nSPS) is 15.9. The Balaban J connectivity index is 1.46. The fourth-order valence-electron chi connectivity index (χ4n) is 3.98. The molecular weight excluding hydrogens is 378 g/mol. The van der Waals surface area contributed by atoms with E-state index < -0.39 is 0 Å². The van der Waals surface area contributed by atoms with Crippen LogP contribution in [0.15, 0.2) is 90.0 Å². The van der Waals surface area contributed by atoms with Gasteiger partial charge in [-0.05, 0) is 35.4 Å². The second kappa shape index (κ2) is 7.80. The van der Waals surface area contributed by atoms with Gasteiger partial charge in [0.15, 0.2) is 0 Å². The first-order valence-corrected chi connectivity index (χ1v) is 10.8. The number of carbonyl (C=O) groups is 1. The number of rotatable bonds is 5. The summed E-state index contributed by atoms with van der Waals surface area (Å²) in [6.45, 7) is 0.791. The van der Waals surface area contributed by atoms with E-state index in [1.807, 2.05) is 36.4 Å².